The van der Waals surface area contributed by atoms with Gasteiger partial charge in [-0.05, 0) is 64.4 Å². The van der Waals surface area contributed by atoms with Crippen LogP contribution >= 0.6 is 0 Å². The number of hydrogen-bond acceptors (Lipinski definition) is 11. The number of aromatic amines is 1. The van der Waals surface area contributed by atoms with Gasteiger partial charge in [0.15, 0.2) is 0 Å². The molecule has 6 atom stereocenters. The van der Waals surface area contributed by atoms with Gasteiger partial charge in [-0.25, -0.2) is 14.6 Å². The van der Waals surface area contributed by atoms with E-state index in [1.807, 2.05) is 69.6 Å². The van der Waals surface area contributed by atoms with Crippen molar-refractivity contribution in [1.29, 1.82) is 0 Å². The third-order valence-corrected chi connectivity index (χ3v) is 13.2. The maximum absolute atomic E-state index is 14.4. The third-order valence-electron chi connectivity index (χ3n) is 13.2. The third kappa shape index (κ3) is 9.83. The van der Waals surface area contributed by atoms with Gasteiger partial charge in [0.1, 0.15) is 24.1 Å². The quantitative estimate of drug-likeness (QED) is 0.0739. The summed E-state index contributed by atoms with van der Waals surface area (Å²) in [5.74, 6) is 0.218. The van der Waals surface area contributed by atoms with Gasteiger partial charge in [0, 0.05) is 68.7 Å². The first kappa shape index (κ1) is 47.5. The normalized spacial score (nSPS) is 19.2. The fourth-order valence-corrected chi connectivity index (χ4v) is 9.82. The van der Waals surface area contributed by atoms with E-state index in [0.29, 0.717) is 50.5 Å². The zero-order chi connectivity index (χ0) is 48.1. The molecule has 16 nitrogen and oxygen atoms in total. The molecule has 1 aromatic heterocycles. The number of carbonyl (C=O) groups excluding carboxylic acids is 4. The summed E-state index contributed by atoms with van der Waals surface area (Å²) in [5.41, 5.74) is 6.21. The van der Waals surface area contributed by atoms with E-state index in [0.717, 1.165) is 55.0 Å². The molecule has 0 saturated carbocycles. The molecule has 2 saturated heterocycles. The van der Waals surface area contributed by atoms with Crippen LogP contribution in [-0.4, -0.2) is 124 Å². The molecule has 0 spiro atoms. The number of nitrogens with one attached hydrogen (secondary N) is 4. The highest BCUT2D eigenvalue weighted by Crippen LogP contribution is 2.39. The first-order valence-corrected chi connectivity index (χ1v) is 23.0. The molecular formula is C52H60N8O8. The highest BCUT2D eigenvalue weighted by Gasteiger charge is 2.42. The lowest BCUT2D eigenvalue weighted by Gasteiger charge is -2.29. The Kier molecular flexibility index (Phi) is 14.6. The van der Waals surface area contributed by atoms with Crippen molar-refractivity contribution >= 4 is 68.5 Å². The number of aliphatic imine (C=N–C) groups is 1. The van der Waals surface area contributed by atoms with Crippen LogP contribution in [0.15, 0.2) is 96.0 Å². The van der Waals surface area contributed by atoms with E-state index in [2.05, 4.69) is 69.5 Å². The lowest BCUT2D eigenvalue weighted by Crippen LogP contribution is -2.52. The fourth-order valence-electron chi connectivity index (χ4n) is 9.82. The van der Waals surface area contributed by atoms with E-state index in [1.54, 1.807) is 24.0 Å². The summed E-state index contributed by atoms with van der Waals surface area (Å²) < 4.78 is 20.7. The van der Waals surface area contributed by atoms with Crippen LogP contribution in [-0.2, 0) is 28.5 Å². The number of ether oxygens (including phenoxy) is 4. The van der Waals surface area contributed by atoms with Crippen molar-refractivity contribution < 1.29 is 38.1 Å². The van der Waals surface area contributed by atoms with Gasteiger partial charge in [-0.3, -0.25) is 14.6 Å². The number of aromatic nitrogens is 2. The van der Waals surface area contributed by atoms with Crippen LogP contribution in [0.4, 0.5) is 15.3 Å². The molecule has 3 heterocycles. The summed E-state index contributed by atoms with van der Waals surface area (Å²) in [6.45, 7) is 5.66. The van der Waals surface area contributed by atoms with Crippen LogP contribution in [0.1, 0.15) is 55.7 Å². The van der Waals surface area contributed by atoms with E-state index < -0.39 is 30.4 Å². The summed E-state index contributed by atoms with van der Waals surface area (Å²) in [4.78, 5) is 70.1. The monoisotopic (exact) mass is 924 g/mol. The zero-order valence-corrected chi connectivity index (χ0v) is 39.6. The SMILES string of the molecule is CNc1c(/C=N/[C@@H]2C[C@H](COC)CN2C(=O)[C@@H](NC(=O)OC)C(C)C)ccc2cc(-c3ccc4c(ccc5nc([C@@H]6C[C@H](COC)CN6C(=O)[C@H](NC(=O)OC)c6ccccc6)[nH]c54)c3)ccc12. The highest BCUT2D eigenvalue weighted by molar-refractivity contribution is 6.07. The molecule has 6 aromatic rings. The maximum Gasteiger partial charge on any atom is 0.407 e. The predicted octanol–water partition coefficient (Wildman–Crippen LogP) is 7.83. The smallest absolute Gasteiger partial charge is 0.407 e. The largest absolute Gasteiger partial charge is 0.453 e. The van der Waals surface area contributed by atoms with Crippen molar-refractivity contribution in [2.45, 2.75) is 51.0 Å². The minimum Gasteiger partial charge on any atom is -0.453 e. The minimum atomic E-state index is -0.948. The number of anilines is 1. The topological polar surface area (TPSA) is 189 Å². The van der Waals surface area contributed by atoms with Gasteiger partial charge < -0.3 is 49.7 Å². The summed E-state index contributed by atoms with van der Waals surface area (Å²) in [5, 5.41) is 13.0. The number of H-pyrrole nitrogens is 1. The number of imidazole rings is 1. The van der Waals surface area contributed by atoms with Crippen LogP contribution < -0.4 is 16.0 Å². The van der Waals surface area contributed by atoms with Crippen LogP contribution in [0.5, 0.6) is 0 Å². The summed E-state index contributed by atoms with van der Waals surface area (Å²) >= 11 is 0. The Morgan fingerprint density at radius 2 is 1.40 bits per heavy atom. The number of carbonyl (C=O) groups is 4. The molecule has 0 radical (unpaired) electrons. The molecule has 5 aromatic carbocycles. The van der Waals surface area contributed by atoms with Crippen molar-refractivity contribution in [3.63, 3.8) is 0 Å². The zero-order valence-electron chi connectivity index (χ0n) is 39.6. The van der Waals surface area contributed by atoms with E-state index >= 15 is 0 Å². The highest BCUT2D eigenvalue weighted by atomic mass is 16.5. The first-order valence-electron chi connectivity index (χ1n) is 23.0. The summed E-state index contributed by atoms with van der Waals surface area (Å²) in [6.07, 6.45) is 1.32. The van der Waals surface area contributed by atoms with E-state index in [4.69, 9.17) is 28.9 Å². The van der Waals surface area contributed by atoms with Crippen molar-refractivity contribution in [3.05, 3.63) is 108 Å². The molecule has 356 valence electrons. The van der Waals surface area contributed by atoms with Crippen LogP contribution in [0.3, 0.4) is 0 Å². The Morgan fingerprint density at radius 1 is 0.765 bits per heavy atom. The van der Waals surface area contributed by atoms with Crippen LogP contribution in [0.2, 0.25) is 0 Å². The Labute approximate surface area is 395 Å². The van der Waals surface area contributed by atoms with Crippen molar-refractivity contribution in [3.8, 4) is 11.1 Å². The number of likely N-dealkylation sites (tertiary alicyclic amines) is 2. The summed E-state index contributed by atoms with van der Waals surface area (Å²) in [7, 11) is 7.76. The van der Waals surface area contributed by atoms with Crippen molar-refractivity contribution in [2.75, 3.05) is 67.1 Å². The van der Waals surface area contributed by atoms with E-state index in [-0.39, 0.29) is 35.6 Å². The van der Waals surface area contributed by atoms with E-state index in [1.165, 1.54) is 14.2 Å². The average Bonchev–Trinajstić information content (AvgIpc) is 4.11. The number of rotatable bonds is 15. The molecule has 8 rings (SSSR count). The first-order chi connectivity index (χ1) is 32.9. The molecule has 2 fully saturated rings. The number of benzene rings is 5. The Hall–Kier alpha value is -7.04. The number of hydrogen-bond donors (Lipinski definition) is 4. The molecule has 4 amide bonds. The molecule has 16 heteroatoms. The number of fused-ring (bicyclic) bond motifs is 4. The minimum absolute atomic E-state index is 0.0678. The van der Waals surface area contributed by atoms with Gasteiger partial charge in [-0.1, -0.05) is 86.6 Å². The second kappa shape index (κ2) is 20.9. The van der Waals surface area contributed by atoms with Gasteiger partial charge in [-0.2, -0.15) is 0 Å². The Bertz CT molecular complexity index is 2830. The molecule has 2 aliphatic rings. The molecular weight excluding hydrogens is 865 g/mol. The number of methoxy groups -OCH3 is 4. The van der Waals surface area contributed by atoms with E-state index in [9.17, 15) is 19.2 Å². The molecule has 0 bridgehead atoms. The number of amides is 4. The molecule has 4 N–H and O–H groups in total. The second-order valence-corrected chi connectivity index (χ2v) is 17.9. The number of alkyl carbamates (subject to hydrolysis) is 2. The average molecular weight is 925 g/mol. The van der Waals surface area contributed by atoms with Crippen molar-refractivity contribution in [2.24, 2.45) is 22.7 Å². The molecule has 68 heavy (non-hydrogen) atoms. The standard InChI is InChI=1S/C52H60N8O8/c1-30(2)44(57-51(63)67-6)49(61)60-27-32(29-66-5)22-43(60)54-25-38-14-13-36-23-34(15-18-39(36)45(38)53-3)35-16-19-40-37(24-35)17-20-41-47(40)56-48(55-41)42-21-31(28-65-4)26-59(42)50(62)46(58-52(64)68-7)33-11-9-8-10-12-33/h8-20,23-25,30-32,42-44,46,53H,21-22,26-29H2,1-7H3,(H,55,56)(H,57,63)(H,58,64)/b54-25+/t31-,32-,42-,43-,44-,46+/m0/s1. The predicted molar refractivity (Wildman–Crippen MR) is 262 cm³/mol. The number of nitrogens with zero attached hydrogens (tertiary/aromatic N) is 4. The summed E-state index contributed by atoms with van der Waals surface area (Å²) in [6, 6.07) is 28.1. The molecule has 2 aliphatic heterocycles. The molecule has 0 unspecified atom stereocenters. The van der Waals surface area contributed by atoms with Gasteiger partial charge in [0.25, 0.3) is 5.91 Å². The maximum atomic E-state index is 14.4. The van der Waals surface area contributed by atoms with Gasteiger partial charge >= 0.3 is 12.2 Å². The lowest BCUT2D eigenvalue weighted by atomic mass is 9.96. The van der Waals surface area contributed by atoms with Crippen LogP contribution in [0, 0.1) is 17.8 Å². The molecule has 0 aliphatic carbocycles. The fraction of sp³-hybridized carbons (Fsp3) is 0.385. The van der Waals surface area contributed by atoms with Gasteiger partial charge in [0.05, 0.1) is 50.2 Å². The van der Waals surface area contributed by atoms with Gasteiger partial charge in [0.2, 0.25) is 5.91 Å². The Morgan fingerprint density at radius 3 is 2.06 bits per heavy atom. The Balaban J connectivity index is 1.05. The van der Waals surface area contributed by atoms with Crippen LogP contribution in [0.25, 0.3) is 43.7 Å². The van der Waals surface area contributed by atoms with Gasteiger partial charge in [-0.15, -0.1) is 0 Å². The van der Waals surface area contributed by atoms with Crippen molar-refractivity contribution in [1.82, 2.24) is 30.4 Å². The second-order valence-electron chi connectivity index (χ2n) is 17.9. The lowest BCUT2D eigenvalue weighted by molar-refractivity contribution is -0.135.